The van der Waals surface area contributed by atoms with Gasteiger partial charge in [0.15, 0.2) is 0 Å². The highest BCUT2D eigenvalue weighted by Gasteiger charge is 2.24. The average Bonchev–Trinajstić information content (AvgIpc) is 2.88. The van der Waals surface area contributed by atoms with Gasteiger partial charge in [-0.05, 0) is 48.6 Å². The van der Waals surface area contributed by atoms with Crippen LogP contribution in [-0.2, 0) is 11.3 Å². The van der Waals surface area contributed by atoms with Crippen LogP contribution < -0.4 is 0 Å². The van der Waals surface area contributed by atoms with Crippen molar-refractivity contribution in [3.05, 3.63) is 41.2 Å². The van der Waals surface area contributed by atoms with Crippen molar-refractivity contribution in [3.63, 3.8) is 0 Å². The van der Waals surface area contributed by atoms with Crippen LogP contribution in [0.1, 0.15) is 31.4 Å². The molecule has 0 aliphatic carbocycles. The Balaban J connectivity index is 2.04. The second-order valence-corrected chi connectivity index (χ2v) is 6.06. The van der Waals surface area contributed by atoms with E-state index in [2.05, 4.69) is 18.7 Å². The van der Waals surface area contributed by atoms with Crippen molar-refractivity contribution in [2.24, 2.45) is 11.8 Å². The number of aliphatic carboxylic acids is 1. The Morgan fingerprint density at radius 3 is 2.90 bits per heavy atom. The van der Waals surface area contributed by atoms with Gasteiger partial charge < -0.3 is 5.11 Å². The molecule has 21 heavy (non-hydrogen) atoms. The molecule has 1 aromatic carbocycles. The molecule has 0 radical (unpaired) electrons. The Kier molecular flexibility index (Phi) is 5.12. The zero-order valence-electron chi connectivity index (χ0n) is 12.6. The van der Waals surface area contributed by atoms with Crippen molar-refractivity contribution in [2.45, 2.75) is 26.8 Å². The van der Waals surface area contributed by atoms with Gasteiger partial charge in [-0.1, -0.05) is 19.9 Å². The topological polar surface area (TPSA) is 40.5 Å². The zero-order valence-corrected chi connectivity index (χ0v) is 12.6. The maximum Gasteiger partial charge on any atom is 0.328 e. The highest BCUT2D eigenvalue weighted by Crippen LogP contribution is 2.25. The van der Waals surface area contributed by atoms with Crippen molar-refractivity contribution < 1.29 is 14.3 Å². The fourth-order valence-corrected chi connectivity index (χ4v) is 2.79. The molecule has 3 nitrogen and oxygen atoms in total. The fourth-order valence-electron chi connectivity index (χ4n) is 2.79. The van der Waals surface area contributed by atoms with Gasteiger partial charge >= 0.3 is 5.97 Å². The average molecular weight is 291 g/mol. The number of carbonyl (C=O) groups is 1. The Hall–Kier alpha value is -1.68. The van der Waals surface area contributed by atoms with Crippen LogP contribution in [0.5, 0.6) is 0 Å². The van der Waals surface area contributed by atoms with Gasteiger partial charge in [-0.15, -0.1) is 0 Å². The first kappa shape index (κ1) is 15.7. The number of carboxylic acids is 1. The van der Waals surface area contributed by atoms with Gasteiger partial charge in [0.25, 0.3) is 0 Å². The van der Waals surface area contributed by atoms with E-state index in [4.69, 9.17) is 5.11 Å². The quantitative estimate of drug-likeness (QED) is 0.845. The minimum atomic E-state index is -1.07. The van der Waals surface area contributed by atoms with E-state index in [1.807, 2.05) is 0 Å². The van der Waals surface area contributed by atoms with Crippen LogP contribution in [0, 0.1) is 17.7 Å². The smallest absolute Gasteiger partial charge is 0.328 e. The first-order valence-corrected chi connectivity index (χ1v) is 7.37. The molecule has 1 aliphatic rings. The number of halogens is 1. The molecule has 1 aromatic rings. The van der Waals surface area contributed by atoms with E-state index in [1.54, 1.807) is 12.1 Å². The van der Waals surface area contributed by atoms with Gasteiger partial charge in [0.2, 0.25) is 0 Å². The van der Waals surface area contributed by atoms with Gasteiger partial charge in [-0.2, -0.15) is 0 Å². The Labute approximate surface area is 125 Å². The molecule has 0 amide bonds. The number of carboxylic acid groups (broad SMARTS) is 1. The molecule has 0 aromatic heterocycles. The van der Waals surface area contributed by atoms with Crippen LogP contribution in [0.25, 0.3) is 6.08 Å². The Morgan fingerprint density at radius 2 is 2.29 bits per heavy atom. The van der Waals surface area contributed by atoms with E-state index in [1.165, 1.54) is 18.6 Å². The van der Waals surface area contributed by atoms with E-state index in [-0.39, 0.29) is 0 Å². The van der Waals surface area contributed by atoms with E-state index < -0.39 is 11.8 Å². The molecule has 1 fully saturated rings. The highest BCUT2D eigenvalue weighted by molar-refractivity contribution is 5.85. The molecule has 1 unspecified atom stereocenters. The molecule has 0 spiro atoms. The lowest BCUT2D eigenvalue weighted by Crippen LogP contribution is -2.21. The van der Waals surface area contributed by atoms with Crippen LogP contribution in [-0.4, -0.2) is 29.1 Å². The lowest BCUT2D eigenvalue weighted by molar-refractivity contribution is -0.131. The summed E-state index contributed by atoms with van der Waals surface area (Å²) < 4.78 is 13.6. The lowest BCUT2D eigenvalue weighted by Gasteiger charge is -2.18. The van der Waals surface area contributed by atoms with E-state index in [0.29, 0.717) is 11.5 Å². The van der Waals surface area contributed by atoms with Crippen molar-refractivity contribution in [2.75, 3.05) is 13.1 Å². The number of nitrogens with zero attached hydrogens (tertiary/aromatic N) is 1. The van der Waals surface area contributed by atoms with Crippen LogP contribution in [0.2, 0.25) is 0 Å². The van der Waals surface area contributed by atoms with E-state index in [0.717, 1.165) is 37.2 Å². The number of likely N-dealkylation sites (tertiary alicyclic amines) is 1. The summed E-state index contributed by atoms with van der Waals surface area (Å²) in [6.45, 7) is 7.44. The zero-order chi connectivity index (χ0) is 15.4. The van der Waals surface area contributed by atoms with Crippen molar-refractivity contribution in [1.82, 2.24) is 4.90 Å². The molecule has 1 heterocycles. The standard InChI is InChI=1S/C17H22FNO2/c1-12(2)15-7-8-19(11-15)10-13-3-5-16(18)14(9-13)4-6-17(20)21/h3-6,9,12,15H,7-8,10-11H2,1-2H3,(H,20,21)/b6-4+. The Morgan fingerprint density at radius 1 is 1.52 bits per heavy atom. The second kappa shape index (κ2) is 6.85. The van der Waals surface area contributed by atoms with Crippen LogP contribution in [0.3, 0.4) is 0 Å². The SMILES string of the molecule is CC(C)C1CCN(Cc2ccc(F)c(/C=C/C(=O)O)c2)C1. The molecular formula is C17H22FNO2. The summed E-state index contributed by atoms with van der Waals surface area (Å²) in [6, 6.07) is 4.92. The summed E-state index contributed by atoms with van der Waals surface area (Å²) in [7, 11) is 0. The summed E-state index contributed by atoms with van der Waals surface area (Å²) in [5.41, 5.74) is 1.35. The summed E-state index contributed by atoms with van der Waals surface area (Å²) in [5, 5.41) is 8.63. The third-order valence-corrected chi connectivity index (χ3v) is 4.12. The molecule has 1 aliphatic heterocycles. The van der Waals surface area contributed by atoms with Gasteiger partial charge in [-0.25, -0.2) is 9.18 Å². The van der Waals surface area contributed by atoms with E-state index in [9.17, 15) is 9.18 Å². The second-order valence-electron chi connectivity index (χ2n) is 6.06. The number of hydrogen-bond acceptors (Lipinski definition) is 2. The minimum absolute atomic E-state index is 0.328. The third-order valence-electron chi connectivity index (χ3n) is 4.12. The minimum Gasteiger partial charge on any atom is -0.478 e. The predicted molar refractivity (Wildman–Crippen MR) is 81.3 cm³/mol. The normalized spacial score (nSPS) is 19.7. The van der Waals surface area contributed by atoms with E-state index >= 15 is 0 Å². The maximum absolute atomic E-state index is 13.6. The number of benzene rings is 1. The molecule has 114 valence electrons. The maximum atomic E-state index is 13.6. The van der Waals surface area contributed by atoms with Gasteiger partial charge in [0, 0.05) is 24.7 Å². The summed E-state index contributed by atoms with van der Waals surface area (Å²) in [6.07, 6.45) is 3.49. The van der Waals surface area contributed by atoms with Gasteiger partial charge in [-0.3, -0.25) is 4.90 Å². The molecular weight excluding hydrogens is 269 g/mol. The molecule has 2 rings (SSSR count). The summed E-state index contributed by atoms with van der Waals surface area (Å²) in [5.74, 6) is -0.0362. The fraction of sp³-hybridized carbons (Fsp3) is 0.471. The summed E-state index contributed by atoms with van der Waals surface area (Å²) >= 11 is 0. The monoisotopic (exact) mass is 291 g/mol. The first-order valence-electron chi connectivity index (χ1n) is 7.37. The third kappa shape index (κ3) is 4.39. The van der Waals surface area contributed by atoms with Crippen molar-refractivity contribution >= 4 is 12.0 Å². The molecule has 0 bridgehead atoms. The molecule has 1 saturated heterocycles. The van der Waals surface area contributed by atoms with Gasteiger partial charge in [0.1, 0.15) is 5.82 Å². The number of rotatable bonds is 5. The summed E-state index contributed by atoms with van der Waals surface area (Å²) in [4.78, 5) is 12.9. The molecule has 1 N–H and O–H groups in total. The molecule has 0 saturated carbocycles. The van der Waals surface area contributed by atoms with Crippen LogP contribution in [0.4, 0.5) is 4.39 Å². The van der Waals surface area contributed by atoms with Gasteiger partial charge in [0.05, 0.1) is 0 Å². The molecule has 1 atom stereocenters. The largest absolute Gasteiger partial charge is 0.478 e. The lowest BCUT2D eigenvalue weighted by atomic mass is 9.95. The molecule has 4 heteroatoms. The van der Waals surface area contributed by atoms with Crippen LogP contribution in [0.15, 0.2) is 24.3 Å². The predicted octanol–water partition coefficient (Wildman–Crippen LogP) is 3.40. The number of hydrogen-bond donors (Lipinski definition) is 1. The highest BCUT2D eigenvalue weighted by atomic mass is 19.1. The first-order chi connectivity index (χ1) is 9.95. The van der Waals surface area contributed by atoms with Crippen LogP contribution >= 0.6 is 0 Å². The van der Waals surface area contributed by atoms with Crippen molar-refractivity contribution in [3.8, 4) is 0 Å². The van der Waals surface area contributed by atoms with Crippen molar-refractivity contribution in [1.29, 1.82) is 0 Å². The Bertz CT molecular complexity index is 540.